The molecule has 3 N–H and O–H groups in total. The summed E-state index contributed by atoms with van der Waals surface area (Å²) in [6, 6.07) is 9.91. The Kier molecular flexibility index (Phi) is 7.61. The highest BCUT2D eigenvalue weighted by molar-refractivity contribution is 5.96. The average molecular weight is 371 g/mol. The lowest BCUT2D eigenvalue weighted by Gasteiger charge is -2.13. The molecule has 0 aliphatic rings. The van der Waals surface area contributed by atoms with Gasteiger partial charge in [0.15, 0.2) is 5.76 Å². The summed E-state index contributed by atoms with van der Waals surface area (Å²) in [5.41, 5.74) is 1.14. The minimum absolute atomic E-state index is 0.00972. The molecule has 2 aromatic rings. The monoisotopic (exact) mass is 371 g/mol. The van der Waals surface area contributed by atoms with E-state index >= 15 is 0 Å². The maximum Gasteiger partial charge on any atom is 0.287 e. The van der Waals surface area contributed by atoms with E-state index in [2.05, 4.69) is 16.0 Å². The van der Waals surface area contributed by atoms with E-state index < -0.39 is 0 Å². The van der Waals surface area contributed by atoms with Gasteiger partial charge in [-0.15, -0.1) is 0 Å². The number of hydrogen-bond donors (Lipinski definition) is 3. The zero-order chi connectivity index (χ0) is 19.6. The van der Waals surface area contributed by atoms with Crippen LogP contribution in [0.3, 0.4) is 0 Å². The van der Waals surface area contributed by atoms with Crippen molar-refractivity contribution in [2.24, 2.45) is 5.92 Å². The van der Waals surface area contributed by atoms with Gasteiger partial charge in [-0.2, -0.15) is 0 Å². The number of anilines is 1. The number of amides is 3. The predicted octanol–water partition coefficient (Wildman–Crippen LogP) is 2.81. The van der Waals surface area contributed by atoms with Crippen LogP contribution in [-0.4, -0.2) is 30.8 Å². The third kappa shape index (κ3) is 5.99. The largest absolute Gasteiger partial charge is 0.459 e. The zero-order valence-corrected chi connectivity index (χ0v) is 15.6. The molecular formula is C20H25N3O4. The van der Waals surface area contributed by atoms with Crippen molar-refractivity contribution in [3.8, 4) is 0 Å². The molecule has 1 aromatic heterocycles. The summed E-state index contributed by atoms with van der Waals surface area (Å²) in [7, 11) is 0. The van der Waals surface area contributed by atoms with Crippen LogP contribution in [0.5, 0.6) is 0 Å². The minimum Gasteiger partial charge on any atom is -0.459 e. The van der Waals surface area contributed by atoms with Gasteiger partial charge >= 0.3 is 0 Å². The lowest BCUT2D eigenvalue weighted by molar-refractivity contribution is -0.120. The molecule has 0 radical (unpaired) electrons. The van der Waals surface area contributed by atoms with E-state index in [4.69, 9.17) is 4.42 Å². The van der Waals surface area contributed by atoms with Gasteiger partial charge in [0.05, 0.1) is 6.26 Å². The number of hydrogen-bond acceptors (Lipinski definition) is 4. The van der Waals surface area contributed by atoms with E-state index in [-0.39, 0.29) is 35.9 Å². The second-order valence-corrected chi connectivity index (χ2v) is 6.07. The van der Waals surface area contributed by atoms with Crippen molar-refractivity contribution in [1.82, 2.24) is 10.6 Å². The van der Waals surface area contributed by atoms with Gasteiger partial charge in [-0.05, 0) is 49.2 Å². The SMILES string of the molecule is CCC(CC)C(=O)Nc1ccc(C(=O)NCCNC(=O)c2ccco2)cc1. The number of carbonyl (C=O) groups is 3. The van der Waals surface area contributed by atoms with Crippen LogP contribution in [0.15, 0.2) is 47.1 Å². The second-order valence-electron chi connectivity index (χ2n) is 6.07. The summed E-state index contributed by atoms with van der Waals surface area (Å²) in [5.74, 6) is -0.367. The second kappa shape index (κ2) is 10.2. The van der Waals surface area contributed by atoms with Crippen LogP contribution in [0.25, 0.3) is 0 Å². The third-order valence-electron chi connectivity index (χ3n) is 4.21. The van der Waals surface area contributed by atoms with Gasteiger partial charge < -0.3 is 20.4 Å². The highest BCUT2D eigenvalue weighted by Gasteiger charge is 2.14. The molecule has 3 amide bonds. The van der Waals surface area contributed by atoms with Crippen LogP contribution < -0.4 is 16.0 Å². The van der Waals surface area contributed by atoms with E-state index in [1.165, 1.54) is 6.26 Å². The summed E-state index contributed by atoms with van der Waals surface area (Å²) >= 11 is 0. The average Bonchev–Trinajstić information content (AvgIpc) is 3.21. The number of nitrogens with one attached hydrogen (secondary N) is 3. The summed E-state index contributed by atoms with van der Waals surface area (Å²) in [6.07, 6.45) is 3.01. The molecular weight excluding hydrogens is 346 g/mol. The number of carbonyl (C=O) groups excluding carboxylic acids is 3. The predicted molar refractivity (Wildman–Crippen MR) is 103 cm³/mol. The fourth-order valence-electron chi connectivity index (χ4n) is 2.56. The van der Waals surface area contributed by atoms with Gasteiger partial charge in [-0.25, -0.2) is 0 Å². The van der Waals surface area contributed by atoms with Crippen molar-refractivity contribution in [2.45, 2.75) is 26.7 Å². The quantitative estimate of drug-likeness (QED) is 0.590. The van der Waals surface area contributed by atoms with E-state index in [0.717, 1.165) is 12.8 Å². The number of rotatable bonds is 9. The molecule has 7 heteroatoms. The standard InChI is InChI=1S/C20H25N3O4/c1-3-14(4-2)19(25)23-16-9-7-15(8-10-16)18(24)21-11-12-22-20(26)17-6-5-13-27-17/h5-10,13-14H,3-4,11-12H2,1-2H3,(H,21,24)(H,22,26)(H,23,25). The molecule has 144 valence electrons. The van der Waals surface area contributed by atoms with Crippen LogP contribution in [0.2, 0.25) is 0 Å². The Morgan fingerprint density at radius 3 is 2.11 bits per heavy atom. The summed E-state index contributed by atoms with van der Waals surface area (Å²) in [4.78, 5) is 35.9. The Morgan fingerprint density at radius 1 is 0.926 bits per heavy atom. The Labute approximate surface area is 158 Å². The Bertz CT molecular complexity index is 750. The van der Waals surface area contributed by atoms with Crippen molar-refractivity contribution in [3.05, 3.63) is 54.0 Å². The van der Waals surface area contributed by atoms with Gasteiger partial charge in [-0.3, -0.25) is 14.4 Å². The first-order chi connectivity index (χ1) is 13.0. The van der Waals surface area contributed by atoms with E-state index in [9.17, 15) is 14.4 Å². The normalized spacial score (nSPS) is 10.5. The van der Waals surface area contributed by atoms with Gasteiger partial charge in [0.2, 0.25) is 5.91 Å². The van der Waals surface area contributed by atoms with Crippen molar-refractivity contribution in [2.75, 3.05) is 18.4 Å². The highest BCUT2D eigenvalue weighted by atomic mass is 16.3. The number of benzene rings is 1. The maximum absolute atomic E-state index is 12.1. The van der Waals surface area contributed by atoms with Gasteiger partial charge in [0.1, 0.15) is 0 Å². The highest BCUT2D eigenvalue weighted by Crippen LogP contribution is 2.14. The summed E-state index contributed by atoms with van der Waals surface area (Å²) in [6.45, 7) is 4.55. The molecule has 0 saturated heterocycles. The molecule has 0 bridgehead atoms. The Hall–Kier alpha value is -3.09. The molecule has 0 unspecified atom stereocenters. The minimum atomic E-state index is -0.327. The topological polar surface area (TPSA) is 100 Å². The molecule has 1 aromatic carbocycles. The molecule has 2 rings (SSSR count). The van der Waals surface area contributed by atoms with Gasteiger partial charge in [0, 0.05) is 30.3 Å². The van der Waals surface area contributed by atoms with E-state index in [1.807, 2.05) is 13.8 Å². The molecule has 0 saturated carbocycles. The first kappa shape index (κ1) is 20.2. The molecule has 1 heterocycles. The molecule has 0 aliphatic carbocycles. The lowest BCUT2D eigenvalue weighted by Crippen LogP contribution is -2.34. The smallest absolute Gasteiger partial charge is 0.287 e. The zero-order valence-electron chi connectivity index (χ0n) is 15.6. The Balaban J connectivity index is 1.76. The van der Waals surface area contributed by atoms with Crippen LogP contribution in [0, 0.1) is 5.92 Å². The van der Waals surface area contributed by atoms with Crippen molar-refractivity contribution in [1.29, 1.82) is 0 Å². The first-order valence-electron chi connectivity index (χ1n) is 9.06. The van der Waals surface area contributed by atoms with Crippen molar-refractivity contribution in [3.63, 3.8) is 0 Å². The van der Waals surface area contributed by atoms with Crippen LogP contribution >= 0.6 is 0 Å². The fourth-order valence-corrected chi connectivity index (χ4v) is 2.56. The van der Waals surface area contributed by atoms with Gasteiger partial charge in [-0.1, -0.05) is 13.8 Å². The summed E-state index contributed by atoms with van der Waals surface area (Å²) in [5, 5.41) is 8.24. The lowest BCUT2D eigenvalue weighted by atomic mass is 10.0. The molecule has 0 aliphatic heterocycles. The number of furan rings is 1. The first-order valence-corrected chi connectivity index (χ1v) is 9.06. The van der Waals surface area contributed by atoms with Crippen LogP contribution in [0.1, 0.15) is 47.6 Å². The summed E-state index contributed by atoms with van der Waals surface area (Å²) < 4.78 is 4.98. The van der Waals surface area contributed by atoms with Crippen LogP contribution in [0.4, 0.5) is 5.69 Å². The molecule has 0 fully saturated rings. The fraction of sp³-hybridized carbons (Fsp3) is 0.350. The van der Waals surface area contributed by atoms with Crippen molar-refractivity contribution < 1.29 is 18.8 Å². The molecule has 7 nitrogen and oxygen atoms in total. The van der Waals surface area contributed by atoms with E-state index in [0.29, 0.717) is 17.8 Å². The van der Waals surface area contributed by atoms with Crippen LogP contribution in [-0.2, 0) is 4.79 Å². The van der Waals surface area contributed by atoms with Gasteiger partial charge in [0.25, 0.3) is 11.8 Å². The van der Waals surface area contributed by atoms with E-state index in [1.54, 1.807) is 36.4 Å². The third-order valence-corrected chi connectivity index (χ3v) is 4.21. The van der Waals surface area contributed by atoms with Crippen molar-refractivity contribution >= 4 is 23.4 Å². The Morgan fingerprint density at radius 2 is 1.56 bits per heavy atom. The maximum atomic E-state index is 12.1. The molecule has 0 spiro atoms. The molecule has 27 heavy (non-hydrogen) atoms. The molecule has 0 atom stereocenters.